The Bertz CT molecular complexity index is 996. The lowest BCUT2D eigenvalue weighted by Gasteiger charge is -2.09. The highest BCUT2D eigenvalue weighted by atomic mass is 16.4. The minimum atomic E-state index is -1.09. The maximum atomic E-state index is 12.2. The van der Waals surface area contributed by atoms with Crippen molar-refractivity contribution in [3.8, 4) is 0 Å². The predicted octanol–water partition coefficient (Wildman–Crippen LogP) is -0.760. The van der Waals surface area contributed by atoms with Crippen LogP contribution in [0, 0.1) is 0 Å². The van der Waals surface area contributed by atoms with Crippen molar-refractivity contribution < 1.29 is 9.90 Å². The van der Waals surface area contributed by atoms with Crippen molar-refractivity contribution in [2.75, 3.05) is 17.2 Å². The van der Waals surface area contributed by atoms with Crippen molar-refractivity contribution in [3.05, 3.63) is 22.0 Å². The van der Waals surface area contributed by atoms with E-state index in [1.54, 1.807) is 0 Å². The van der Waals surface area contributed by atoms with Gasteiger partial charge in [-0.2, -0.15) is 4.98 Å². The monoisotopic (exact) mass is 301 g/mol. The van der Waals surface area contributed by atoms with Crippen molar-refractivity contribution in [1.29, 1.82) is 0 Å². The molecule has 0 fully saturated rings. The number of H-pyrrole nitrogens is 1. The first-order valence-electron chi connectivity index (χ1n) is 6.12. The third-order valence-electron chi connectivity index (χ3n) is 3.13. The number of anilines is 3. The molecule has 2 aromatic heterocycles. The molecule has 0 amide bonds. The summed E-state index contributed by atoms with van der Waals surface area (Å²) in [4.78, 5) is 37.4. The van der Waals surface area contributed by atoms with E-state index in [0.29, 0.717) is 5.39 Å². The maximum Gasteiger partial charge on any atom is 0.307 e. The number of fused-ring (bicyclic) bond motifs is 3. The molecule has 10 nitrogen and oxygen atoms in total. The lowest BCUT2D eigenvalue weighted by molar-refractivity contribution is -0.136. The molecule has 22 heavy (non-hydrogen) atoms. The van der Waals surface area contributed by atoms with Crippen molar-refractivity contribution in [1.82, 2.24) is 19.9 Å². The number of carbonyl (C=O) groups is 1. The van der Waals surface area contributed by atoms with Crippen molar-refractivity contribution in [2.24, 2.45) is 0 Å². The van der Waals surface area contributed by atoms with Gasteiger partial charge in [0.1, 0.15) is 5.82 Å². The van der Waals surface area contributed by atoms with Crippen LogP contribution in [-0.4, -0.2) is 31.0 Å². The van der Waals surface area contributed by atoms with Crippen LogP contribution in [0.15, 0.2) is 10.9 Å². The average Bonchev–Trinajstić information content (AvgIpc) is 2.38. The second-order valence-corrected chi connectivity index (χ2v) is 4.64. The molecule has 0 unspecified atom stereocenters. The minimum absolute atomic E-state index is 0.0484. The summed E-state index contributed by atoms with van der Waals surface area (Å²) in [5.41, 5.74) is 17.0. The number of benzene rings is 1. The molecule has 3 rings (SSSR count). The van der Waals surface area contributed by atoms with Gasteiger partial charge in [-0.1, -0.05) is 0 Å². The highest BCUT2D eigenvalue weighted by Crippen LogP contribution is 2.28. The third kappa shape index (κ3) is 2.02. The highest BCUT2D eigenvalue weighted by Gasteiger charge is 2.17. The van der Waals surface area contributed by atoms with E-state index >= 15 is 0 Å². The number of nitrogens with one attached hydrogen (secondary N) is 1. The van der Waals surface area contributed by atoms with Gasteiger partial charge in [-0.3, -0.25) is 14.6 Å². The number of nitrogens with zero attached hydrogens (tertiary/aromatic N) is 3. The Hall–Kier alpha value is -3.43. The fourth-order valence-corrected chi connectivity index (χ4v) is 2.32. The average molecular weight is 301 g/mol. The first-order chi connectivity index (χ1) is 10.4. The second kappa shape index (κ2) is 4.55. The topological polar surface area (TPSA) is 187 Å². The van der Waals surface area contributed by atoms with Gasteiger partial charge in [-0.15, -0.1) is 0 Å². The molecule has 0 aliphatic carbocycles. The number of carboxylic acid groups (broad SMARTS) is 1. The van der Waals surface area contributed by atoms with Crippen LogP contribution in [0.5, 0.6) is 0 Å². The number of carboxylic acids is 1. The smallest absolute Gasteiger partial charge is 0.307 e. The van der Waals surface area contributed by atoms with Crippen molar-refractivity contribution >= 4 is 45.5 Å². The summed E-state index contributed by atoms with van der Waals surface area (Å²) in [6.45, 7) is 0. The van der Waals surface area contributed by atoms with Gasteiger partial charge >= 0.3 is 5.97 Å². The number of nitrogen functional groups attached to an aromatic ring is 3. The van der Waals surface area contributed by atoms with Crippen LogP contribution in [0.25, 0.3) is 21.8 Å². The highest BCUT2D eigenvalue weighted by molar-refractivity contribution is 6.09. The summed E-state index contributed by atoms with van der Waals surface area (Å²) in [6, 6.07) is 1.48. The zero-order valence-corrected chi connectivity index (χ0v) is 11.1. The van der Waals surface area contributed by atoms with Gasteiger partial charge in [-0.05, 0) is 11.6 Å². The first kappa shape index (κ1) is 13.5. The molecular weight excluding hydrogens is 290 g/mol. The largest absolute Gasteiger partial charge is 0.481 e. The Morgan fingerprint density at radius 3 is 2.59 bits per heavy atom. The first-order valence-corrected chi connectivity index (χ1v) is 6.12. The molecule has 0 saturated carbocycles. The standard InChI is InChI=1S/C12H11N7O3/c13-9-4-1-3(2-5(20)21)7-6(8(4)17-11(14)18-9)10(22)19-12(15)16-7/h1H,2H2,(H,20,21)(H4,13,14,17,18)(H3,15,16,19,22). The van der Waals surface area contributed by atoms with E-state index < -0.39 is 11.5 Å². The molecule has 0 spiro atoms. The summed E-state index contributed by atoms with van der Waals surface area (Å²) in [7, 11) is 0. The number of aliphatic carboxylic acids is 1. The molecule has 0 aliphatic rings. The molecule has 1 aromatic carbocycles. The van der Waals surface area contributed by atoms with Crippen molar-refractivity contribution in [3.63, 3.8) is 0 Å². The SMILES string of the molecule is Nc1nc(N)c2cc(CC(=O)O)c3nc(N)[nH]c(=O)c3c2n1. The summed E-state index contributed by atoms with van der Waals surface area (Å²) >= 11 is 0. The number of nitrogens with two attached hydrogens (primary N) is 3. The lowest BCUT2D eigenvalue weighted by atomic mass is 10.0. The summed E-state index contributed by atoms with van der Waals surface area (Å²) in [5, 5.41) is 9.42. The van der Waals surface area contributed by atoms with Gasteiger partial charge in [0, 0.05) is 5.39 Å². The van der Waals surface area contributed by atoms with Gasteiger partial charge < -0.3 is 22.3 Å². The van der Waals surface area contributed by atoms with Crippen LogP contribution >= 0.6 is 0 Å². The number of aromatic nitrogens is 4. The van der Waals surface area contributed by atoms with Crippen LogP contribution in [-0.2, 0) is 11.2 Å². The van der Waals surface area contributed by atoms with Crippen LogP contribution < -0.4 is 22.8 Å². The van der Waals surface area contributed by atoms with Gasteiger partial charge in [0.15, 0.2) is 0 Å². The molecule has 112 valence electrons. The molecular formula is C12H11N7O3. The second-order valence-electron chi connectivity index (χ2n) is 4.64. The fraction of sp³-hybridized carbons (Fsp3) is 0.0833. The minimum Gasteiger partial charge on any atom is -0.481 e. The number of aromatic amines is 1. The molecule has 3 aromatic rings. The molecule has 0 bridgehead atoms. The van der Waals surface area contributed by atoms with E-state index in [0.717, 1.165) is 0 Å². The Morgan fingerprint density at radius 2 is 1.91 bits per heavy atom. The van der Waals surface area contributed by atoms with E-state index in [-0.39, 0.29) is 46.1 Å². The Labute approximate surface area is 122 Å². The van der Waals surface area contributed by atoms with Crippen molar-refractivity contribution in [2.45, 2.75) is 6.42 Å². The molecule has 10 heteroatoms. The zero-order chi connectivity index (χ0) is 16.0. The fourth-order valence-electron chi connectivity index (χ4n) is 2.32. The Balaban J connectivity index is 2.59. The molecule has 0 radical (unpaired) electrons. The quantitative estimate of drug-likeness (QED) is 0.379. The molecule has 0 saturated heterocycles. The maximum absolute atomic E-state index is 12.2. The molecule has 8 N–H and O–H groups in total. The van der Waals surface area contributed by atoms with Crippen LogP contribution in [0.4, 0.5) is 17.7 Å². The third-order valence-corrected chi connectivity index (χ3v) is 3.13. The van der Waals surface area contributed by atoms with Gasteiger partial charge in [0.25, 0.3) is 5.56 Å². The van der Waals surface area contributed by atoms with Gasteiger partial charge in [-0.25, -0.2) is 9.97 Å². The van der Waals surface area contributed by atoms with E-state index in [1.165, 1.54) is 6.07 Å². The Kier molecular flexibility index (Phi) is 2.80. The van der Waals surface area contributed by atoms with E-state index in [1.807, 2.05) is 0 Å². The van der Waals surface area contributed by atoms with Gasteiger partial charge in [0.05, 0.1) is 22.8 Å². The molecule has 0 atom stereocenters. The summed E-state index contributed by atoms with van der Waals surface area (Å²) in [5.74, 6) is -1.27. The normalized spacial score (nSPS) is 11.1. The van der Waals surface area contributed by atoms with Gasteiger partial charge in [0.2, 0.25) is 11.9 Å². The predicted molar refractivity (Wildman–Crippen MR) is 80.0 cm³/mol. The molecule has 0 aliphatic heterocycles. The molecule has 2 heterocycles. The van der Waals surface area contributed by atoms with E-state index in [2.05, 4.69) is 19.9 Å². The number of hydrogen-bond donors (Lipinski definition) is 5. The van der Waals surface area contributed by atoms with E-state index in [4.69, 9.17) is 22.3 Å². The summed E-state index contributed by atoms with van der Waals surface area (Å²) < 4.78 is 0. The van der Waals surface area contributed by atoms with Crippen LogP contribution in [0.3, 0.4) is 0 Å². The Morgan fingerprint density at radius 1 is 1.18 bits per heavy atom. The number of rotatable bonds is 2. The number of hydrogen-bond acceptors (Lipinski definition) is 8. The van der Waals surface area contributed by atoms with E-state index in [9.17, 15) is 9.59 Å². The summed E-state index contributed by atoms with van der Waals surface area (Å²) in [6.07, 6.45) is -0.355. The van der Waals surface area contributed by atoms with Crippen LogP contribution in [0.2, 0.25) is 0 Å². The lowest BCUT2D eigenvalue weighted by Crippen LogP contribution is -2.15. The zero-order valence-electron chi connectivity index (χ0n) is 11.1. The van der Waals surface area contributed by atoms with Crippen LogP contribution in [0.1, 0.15) is 5.56 Å².